The maximum atomic E-state index is 12.5. The van der Waals surface area contributed by atoms with Crippen LogP contribution >= 0.6 is 11.6 Å². The molecular formula is C23H23ClN2O6S. The van der Waals surface area contributed by atoms with Crippen molar-refractivity contribution in [3.05, 3.63) is 77.3 Å². The minimum Gasteiger partial charge on any atom is -0.493 e. The molecule has 0 aliphatic rings. The van der Waals surface area contributed by atoms with E-state index in [0.717, 1.165) is 5.56 Å². The molecule has 0 aromatic heterocycles. The van der Waals surface area contributed by atoms with E-state index in [2.05, 4.69) is 10.0 Å². The molecule has 0 aliphatic carbocycles. The fraction of sp³-hybridized carbons (Fsp3) is 0.174. The quantitative estimate of drug-likeness (QED) is 0.447. The van der Waals surface area contributed by atoms with Crippen LogP contribution in [0.3, 0.4) is 0 Å². The van der Waals surface area contributed by atoms with Crippen molar-refractivity contribution >= 4 is 33.2 Å². The summed E-state index contributed by atoms with van der Waals surface area (Å²) in [5.74, 6) is 0.971. The highest BCUT2D eigenvalue weighted by atomic mass is 35.5. The first-order valence-electron chi connectivity index (χ1n) is 9.80. The monoisotopic (exact) mass is 490 g/mol. The lowest BCUT2D eigenvalue weighted by molar-refractivity contribution is -0.123. The van der Waals surface area contributed by atoms with Gasteiger partial charge in [-0.1, -0.05) is 35.9 Å². The number of hydrogen-bond acceptors (Lipinski definition) is 6. The fourth-order valence-electron chi connectivity index (χ4n) is 2.87. The van der Waals surface area contributed by atoms with Crippen molar-refractivity contribution in [2.45, 2.75) is 11.4 Å². The number of carbonyl (C=O) groups excluding carboxylic acids is 1. The SMILES string of the molecule is COc1ccc(CNC(=O)COc2ccc(S(=O)(=O)Nc3ccccc3)cc2Cl)cc1OC. The van der Waals surface area contributed by atoms with Gasteiger partial charge in [0.1, 0.15) is 5.75 Å². The van der Waals surface area contributed by atoms with Gasteiger partial charge in [0.05, 0.1) is 24.1 Å². The second-order valence-corrected chi connectivity index (χ2v) is 8.91. The van der Waals surface area contributed by atoms with Crippen molar-refractivity contribution in [2.75, 3.05) is 25.5 Å². The van der Waals surface area contributed by atoms with Gasteiger partial charge in [0.25, 0.3) is 15.9 Å². The van der Waals surface area contributed by atoms with E-state index in [-0.39, 0.29) is 34.7 Å². The number of nitrogens with one attached hydrogen (secondary N) is 2. The number of ether oxygens (including phenoxy) is 3. The van der Waals surface area contributed by atoms with Gasteiger partial charge < -0.3 is 19.5 Å². The van der Waals surface area contributed by atoms with E-state index in [1.54, 1.807) is 49.6 Å². The number of para-hydroxylation sites is 1. The molecule has 0 saturated heterocycles. The molecule has 3 rings (SSSR count). The van der Waals surface area contributed by atoms with Gasteiger partial charge in [0.15, 0.2) is 18.1 Å². The highest BCUT2D eigenvalue weighted by Crippen LogP contribution is 2.29. The van der Waals surface area contributed by atoms with Crippen LogP contribution in [0.4, 0.5) is 5.69 Å². The number of benzene rings is 3. The van der Waals surface area contributed by atoms with Crippen molar-refractivity contribution in [3.63, 3.8) is 0 Å². The molecule has 174 valence electrons. The number of methoxy groups -OCH3 is 2. The average molecular weight is 491 g/mol. The molecule has 1 amide bonds. The first-order valence-corrected chi connectivity index (χ1v) is 11.7. The summed E-state index contributed by atoms with van der Waals surface area (Å²) in [5.41, 5.74) is 1.25. The van der Waals surface area contributed by atoms with Crippen molar-refractivity contribution in [1.82, 2.24) is 5.32 Å². The zero-order chi connectivity index (χ0) is 23.8. The Morgan fingerprint density at radius 2 is 1.61 bits per heavy atom. The van der Waals surface area contributed by atoms with Gasteiger partial charge in [-0.15, -0.1) is 0 Å². The standard InChI is InChI=1S/C23H23ClN2O6S/c1-30-21-10-8-16(12-22(21)31-2)14-25-23(27)15-32-20-11-9-18(13-19(20)24)33(28,29)26-17-6-4-3-5-7-17/h3-13,26H,14-15H2,1-2H3,(H,25,27). The Labute approximate surface area is 197 Å². The predicted octanol–water partition coefficient (Wildman–Crippen LogP) is 3.85. The molecule has 3 aromatic rings. The van der Waals surface area contributed by atoms with E-state index < -0.39 is 10.0 Å². The van der Waals surface area contributed by atoms with Crippen LogP contribution in [0.2, 0.25) is 5.02 Å². The summed E-state index contributed by atoms with van der Waals surface area (Å²) in [7, 11) is -0.744. The van der Waals surface area contributed by atoms with E-state index in [1.165, 1.54) is 25.3 Å². The van der Waals surface area contributed by atoms with Crippen molar-refractivity contribution in [3.8, 4) is 17.2 Å². The van der Waals surface area contributed by atoms with Crippen LogP contribution in [0.15, 0.2) is 71.6 Å². The highest BCUT2D eigenvalue weighted by molar-refractivity contribution is 7.92. The summed E-state index contributed by atoms with van der Waals surface area (Å²) in [6.07, 6.45) is 0. The molecule has 0 fully saturated rings. The number of carbonyl (C=O) groups is 1. The summed E-state index contributed by atoms with van der Waals surface area (Å²) in [6.45, 7) is -0.0278. The lowest BCUT2D eigenvalue weighted by Crippen LogP contribution is -2.28. The number of hydrogen-bond donors (Lipinski definition) is 2. The molecule has 8 nitrogen and oxygen atoms in total. The Kier molecular flexibility index (Phi) is 8.02. The lowest BCUT2D eigenvalue weighted by Gasteiger charge is -2.12. The molecule has 0 bridgehead atoms. The lowest BCUT2D eigenvalue weighted by atomic mass is 10.2. The Hall–Kier alpha value is -3.43. The van der Waals surface area contributed by atoms with Crippen LogP contribution < -0.4 is 24.2 Å². The second kappa shape index (κ2) is 10.9. The van der Waals surface area contributed by atoms with Crippen molar-refractivity contribution in [1.29, 1.82) is 0 Å². The first-order chi connectivity index (χ1) is 15.8. The van der Waals surface area contributed by atoms with E-state index >= 15 is 0 Å². The van der Waals surface area contributed by atoms with Crippen LogP contribution in [0.1, 0.15) is 5.56 Å². The fourth-order valence-corrected chi connectivity index (χ4v) is 4.26. The summed E-state index contributed by atoms with van der Waals surface area (Å²) < 4.78 is 43.4. The minimum absolute atomic E-state index is 0.0263. The van der Waals surface area contributed by atoms with Crippen LogP contribution in [-0.4, -0.2) is 35.2 Å². The highest BCUT2D eigenvalue weighted by Gasteiger charge is 2.17. The van der Waals surface area contributed by atoms with Crippen LogP contribution in [0.5, 0.6) is 17.2 Å². The Morgan fingerprint density at radius 1 is 0.909 bits per heavy atom. The Morgan fingerprint density at radius 3 is 2.27 bits per heavy atom. The maximum absolute atomic E-state index is 12.5. The molecular weight excluding hydrogens is 468 g/mol. The molecule has 0 unspecified atom stereocenters. The van der Waals surface area contributed by atoms with Gasteiger partial charge in [-0.05, 0) is 48.0 Å². The molecule has 10 heteroatoms. The molecule has 0 saturated carbocycles. The van der Waals surface area contributed by atoms with E-state index in [4.69, 9.17) is 25.8 Å². The van der Waals surface area contributed by atoms with Gasteiger partial charge in [0.2, 0.25) is 0 Å². The summed E-state index contributed by atoms with van der Waals surface area (Å²) in [4.78, 5) is 12.1. The Bertz CT molecular complexity index is 1220. The molecule has 0 aliphatic heterocycles. The van der Waals surface area contributed by atoms with Gasteiger partial charge in [-0.3, -0.25) is 9.52 Å². The third kappa shape index (κ3) is 6.53. The van der Waals surface area contributed by atoms with E-state index in [0.29, 0.717) is 17.2 Å². The van der Waals surface area contributed by atoms with Crippen molar-refractivity contribution in [2.24, 2.45) is 0 Å². The summed E-state index contributed by atoms with van der Waals surface area (Å²) in [6, 6.07) is 17.8. The number of rotatable bonds is 10. The van der Waals surface area contributed by atoms with Crippen LogP contribution in [0, 0.1) is 0 Å². The second-order valence-electron chi connectivity index (χ2n) is 6.82. The molecule has 2 N–H and O–H groups in total. The third-order valence-electron chi connectivity index (χ3n) is 4.54. The number of sulfonamides is 1. The average Bonchev–Trinajstić information content (AvgIpc) is 2.82. The molecule has 33 heavy (non-hydrogen) atoms. The predicted molar refractivity (Wildman–Crippen MR) is 126 cm³/mol. The van der Waals surface area contributed by atoms with Gasteiger partial charge in [-0.2, -0.15) is 0 Å². The Balaban J connectivity index is 1.56. The van der Waals surface area contributed by atoms with E-state index in [1.807, 2.05) is 6.07 Å². The first kappa shape index (κ1) is 24.2. The summed E-state index contributed by atoms with van der Waals surface area (Å²) in [5, 5.41) is 2.80. The van der Waals surface area contributed by atoms with Gasteiger partial charge >= 0.3 is 0 Å². The molecule has 3 aromatic carbocycles. The topological polar surface area (TPSA) is 103 Å². The summed E-state index contributed by atoms with van der Waals surface area (Å²) >= 11 is 6.18. The largest absolute Gasteiger partial charge is 0.493 e. The number of amides is 1. The zero-order valence-corrected chi connectivity index (χ0v) is 19.6. The minimum atomic E-state index is -3.82. The smallest absolute Gasteiger partial charge is 0.261 e. The molecule has 0 atom stereocenters. The van der Waals surface area contributed by atoms with Crippen LogP contribution in [0.25, 0.3) is 0 Å². The number of anilines is 1. The van der Waals surface area contributed by atoms with E-state index in [9.17, 15) is 13.2 Å². The van der Waals surface area contributed by atoms with Crippen molar-refractivity contribution < 1.29 is 27.4 Å². The zero-order valence-electron chi connectivity index (χ0n) is 18.0. The normalized spacial score (nSPS) is 10.9. The third-order valence-corrected chi connectivity index (χ3v) is 6.21. The van der Waals surface area contributed by atoms with Crippen LogP contribution in [-0.2, 0) is 21.4 Å². The van der Waals surface area contributed by atoms with Gasteiger partial charge in [-0.25, -0.2) is 8.42 Å². The molecule has 0 spiro atoms. The molecule has 0 heterocycles. The number of halogens is 1. The van der Waals surface area contributed by atoms with Gasteiger partial charge in [0, 0.05) is 12.2 Å². The molecule has 0 radical (unpaired) electrons. The maximum Gasteiger partial charge on any atom is 0.261 e.